The molecule has 0 unspecified atom stereocenters. The van der Waals surface area contributed by atoms with Crippen LogP contribution in [0.2, 0.25) is 0 Å². The molecule has 1 aromatic heterocycles. The van der Waals surface area contributed by atoms with Gasteiger partial charge in [-0.2, -0.15) is 0 Å². The molecule has 5 nitrogen and oxygen atoms in total. The van der Waals surface area contributed by atoms with E-state index < -0.39 is 0 Å². The first-order chi connectivity index (χ1) is 12.5. The van der Waals surface area contributed by atoms with Gasteiger partial charge in [-0.1, -0.05) is 37.6 Å². The first kappa shape index (κ1) is 20.1. The Morgan fingerprint density at radius 1 is 1.23 bits per heavy atom. The van der Waals surface area contributed by atoms with E-state index in [0.717, 1.165) is 36.9 Å². The van der Waals surface area contributed by atoms with Crippen LogP contribution >= 0.6 is 11.3 Å². The highest BCUT2D eigenvalue weighted by atomic mass is 32.1. The molecule has 0 saturated heterocycles. The van der Waals surface area contributed by atoms with E-state index in [0.29, 0.717) is 11.6 Å². The van der Waals surface area contributed by atoms with E-state index in [4.69, 9.17) is 0 Å². The lowest BCUT2D eigenvalue weighted by Gasteiger charge is -2.12. The summed E-state index contributed by atoms with van der Waals surface area (Å²) in [4.78, 5) is 27.3. The standard InChI is InChI=1S/C20H27N3O2S/c1-4-5-6-19(25)23-20-22-18(13-26-20)17-11-9-16(10-12-17)8-7-14(2)21-15(3)24/h9-14H,4-8H2,1-3H3,(H,21,24)(H,22,23,25)/t14-/m1/s1. The summed E-state index contributed by atoms with van der Waals surface area (Å²) < 4.78 is 0. The van der Waals surface area contributed by atoms with Crippen LogP contribution in [-0.4, -0.2) is 22.8 Å². The number of carbonyl (C=O) groups is 2. The lowest BCUT2D eigenvalue weighted by molar-refractivity contribution is -0.119. The lowest BCUT2D eigenvalue weighted by Crippen LogP contribution is -2.30. The molecular formula is C20H27N3O2S. The topological polar surface area (TPSA) is 71.1 Å². The van der Waals surface area contributed by atoms with Crippen LogP contribution in [0.3, 0.4) is 0 Å². The van der Waals surface area contributed by atoms with Crippen molar-refractivity contribution >= 4 is 28.3 Å². The number of amides is 2. The molecule has 0 spiro atoms. The summed E-state index contributed by atoms with van der Waals surface area (Å²) in [5.74, 6) is 0.0327. The number of hydrogen-bond acceptors (Lipinski definition) is 4. The zero-order valence-corrected chi connectivity index (χ0v) is 16.5. The summed E-state index contributed by atoms with van der Waals surface area (Å²) in [6.45, 7) is 5.62. The second kappa shape index (κ2) is 10.1. The van der Waals surface area contributed by atoms with Crippen LogP contribution in [0.4, 0.5) is 5.13 Å². The summed E-state index contributed by atoms with van der Waals surface area (Å²) in [6, 6.07) is 8.46. The average molecular weight is 374 g/mol. The van der Waals surface area contributed by atoms with Crippen molar-refractivity contribution in [2.75, 3.05) is 5.32 Å². The maximum absolute atomic E-state index is 11.8. The van der Waals surface area contributed by atoms with Gasteiger partial charge in [0.1, 0.15) is 0 Å². The molecule has 0 saturated carbocycles. The fourth-order valence-corrected chi connectivity index (χ4v) is 3.36. The van der Waals surface area contributed by atoms with Crippen LogP contribution in [0.5, 0.6) is 0 Å². The van der Waals surface area contributed by atoms with E-state index in [-0.39, 0.29) is 17.9 Å². The van der Waals surface area contributed by atoms with Gasteiger partial charge in [0.2, 0.25) is 11.8 Å². The number of benzene rings is 1. The van der Waals surface area contributed by atoms with Gasteiger partial charge in [-0.3, -0.25) is 9.59 Å². The molecule has 2 amide bonds. The zero-order valence-electron chi connectivity index (χ0n) is 15.7. The SMILES string of the molecule is CCCCC(=O)Nc1nc(-c2ccc(CC[C@@H](C)NC(C)=O)cc2)cs1. The van der Waals surface area contributed by atoms with Crippen LogP contribution in [0.15, 0.2) is 29.6 Å². The third-order valence-corrected chi connectivity index (χ3v) is 4.83. The summed E-state index contributed by atoms with van der Waals surface area (Å²) in [5.41, 5.74) is 3.14. The number of thiazole rings is 1. The van der Waals surface area contributed by atoms with Gasteiger partial charge in [0.15, 0.2) is 5.13 Å². The minimum absolute atomic E-state index is 0.00831. The highest BCUT2D eigenvalue weighted by Crippen LogP contribution is 2.25. The Morgan fingerprint density at radius 2 is 1.96 bits per heavy atom. The van der Waals surface area contributed by atoms with E-state index in [1.165, 1.54) is 16.9 Å². The van der Waals surface area contributed by atoms with Gasteiger partial charge in [0.05, 0.1) is 5.69 Å². The molecule has 0 radical (unpaired) electrons. The minimum atomic E-state index is 0.00831. The van der Waals surface area contributed by atoms with Gasteiger partial charge in [0.25, 0.3) is 0 Å². The molecule has 2 aromatic rings. The van der Waals surface area contributed by atoms with Gasteiger partial charge in [-0.05, 0) is 31.7 Å². The predicted molar refractivity (Wildman–Crippen MR) is 107 cm³/mol. The van der Waals surface area contributed by atoms with Crippen molar-refractivity contribution in [3.8, 4) is 11.3 Å². The quantitative estimate of drug-likeness (QED) is 0.684. The molecule has 0 bridgehead atoms. The fourth-order valence-electron chi connectivity index (χ4n) is 2.63. The Bertz CT molecular complexity index is 725. The van der Waals surface area contributed by atoms with Crippen molar-refractivity contribution in [1.82, 2.24) is 10.3 Å². The van der Waals surface area contributed by atoms with Crippen molar-refractivity contribution < 1.29 is 9.59 Å². The Morgan fingerprint density at radius 3 is 2.62 bits per heavy atom. The van der Waals surface area contributed by atoms with Gasteiger partial charge in [0, 0.05) is 30.3 Å². The molecule has 1 atom stereocenters. The maximum Gasteiger partial charge on any atom is 0.226 e. The van der Waals surface area contributed by atoms with E-state index >= 15 is 0 Å². The maximum atomic E-state index is 11.8. The number of rotatable bonds is 9. The molecule has 2 N–H and O–H groups in total. The van der Waals surface area contributed by atoms with Gasteiger partial charge in [-0.15, -0.1) is 11.3 Å². The zero-order chi connectivity index (χ0) is 18.9. The van der Waals surface area contributed by atoms with Crippen molar-refractivity contribution in [3.05, 3.63) is 35.2 Å². The molecule has 0 fully saturated rings. The fraction of sp³-hybridized carbons (Fsp3) is 0.450. The number of carbonyl (C=O) groups excluding carboxylic acids is 2. The largest absolute Gasteiger partial charge is 0.354 e. The second-order valence-corrected chi connectivity index (χ2v) is 7.38. The first-order valence-corrected chi connectivity index (χ1v) is 9.97. The summed E-state index contributed by atoms with van der Waals surface area (Å²) >= 11 is 1.45. The van der Waals surface area contributed by atoms with Crippen LogP contribution in [-0.2, 0) is 16.0 Å². The summed E-state index contributed by atoms with van der Waals surface area (Å²) in [7, 11) is 0. The average Bonchev–Trinajstić information content (AvgIpc) is 3.06. The van der Waals surface area contributed by atoms with Crippen molar-refractivity contribution in [2.45, 2.75) is 58.9 Å². The summed E-state index contributed by atoms with van der Waals surface area (Å²) in [5, 5.41) is 8.37. The number of aromatic nitrogens is 1. The number of hydrogen-bond donors (Lipinski definition) is 2. The molecule has 140 valence electrons. The van der Waals surface area contributed by atoms with Gasteiger partial charge < -0.3 is 10.6 Å². The molecule has 1 heterocycles. The van der Waals surface area contributed by atoms with Crippen molar-refractivity contribution in [1.29, 1.82) is 0 Å². The van der Waals surface area contributed by atoms with Crippen LogP contribution < -0.4 is 10.6 Å². The van der Waals surface area contributed by atoms with E-state index in [1.54, 1.807) is 6.92 Å². The first-order valence-electron chi connectivity index (χ1n) is 9.09. The molecule has 26 heavy (non-hydrogen) atoms. The predicted octanol–water partition coefficient (Wildman–Crippen LogP) is 4.40. The molecule has 0 aliphatic rings. The minimum Gasteiger partial charge on any atom is -0.354 e. The highest BCUT2D eigenvalue weighted by molar-refractivity contribution is 7.14. The van der Waals surface area contributed by atoms with E-state index in [1.807, 2.05) is 12.3 Å². The lowest BCUT2D eigenvalue weighted by atomic mass is 10.0. The number of unbranched alkanes of at least 4 members (excludes halogenated alkanes) is 1. The van der Waals surface area contributed by atoms with Gasteiger partial charge in [-0.25, -0.2) is 4.98 Å². The molecule has 0 aliphatic heterocycles. The van der Waals surface area contributed by atoms with E-state index in [9.17, 15) is 9.59 Å². The number of nitrogens with zero attached hydrogens (tertiary/aromatic N) is 1. The Kier molecular flexibility index (Phi) is 7.78. The summed E-state index contributed by atoms with van der Waals surface area (Å²) in [6.07, 6.45) is 4.26. The highest BCUT2D eigenvalue weighted by Gasteiger charge is 2.08. The molecule has 6 heteroatoms. The smallest absolute Gasteiger partial charge is 0.226 e. The number of aryl methyl sites for hydroxylation is 1. The Balaban J connectivity index is 1.90. The third kappa shape index (κ3) is 6.59. The molecule has 2 rings (SSSR count). The van der Waals surface area contributed by atoms with Crippen LogP contribution in [0.1, 0.15) is 52.0 Å². The van der Waals surface area contributed by atoms with Crippen molar-refractivity contribution in [3.63, 3.8) is 0 Å². The Hall–Kier alpha value is -2.21. The van der Waals surface area contributed by atoms with E-state index in [2.05, 4.69) is 46.8 Å². The Labute approximate surface area is 159 Å². The van der Waals surface area contributed by atoms with Crippen molar-refractivity contribution in [2.24, 2.45) is 0 Å². The second-order valence-electron chi connectivity index (χ2n) is 6.53. The third-order valence-electron chi connectivity index (χ3n) is 4.07. The molecule has 1 aromatic carbocycles. The normalized spacial score (nSPS) is 11.8. The van der Waals surface area contributed by atoms with Gasteiger partial charge >= 0.3 is 0 Å². The van der Waals surface area contributed by atoms with Crippen LogP contribution in [0, 0.1) is 0 Å². The molecular weight excluding hydrogens is 346 g/mol. The molecule has 0 aliphatic carbocycles. The number of anilines is 1. The number of nitrogens with one attached hydrogen (secondary N) is 2. The monoisotopic (exact) mass is 373 g/mol. The van der Waals surface area contributed by atoms with Crippen LogP contribution in [0.25, 0.3) is 11.3 Å².